The molecule has 0 amide bonds. The van der Waals surface area contributed by atoms with Gasteiger partial charge in [0.1, 0.15) is 0 Å². The van der Waals surface area contributed by atoms with Crippen LogP contribution in [-0.4, -0.2) is 30.6 Å². The van der Waals surface area contributed by atoms with E-state index in [9.17, 15) is 0 Å². The predicted octanol–water partition coefficient (Wildman–Crippen LogP) is 3.18. The second-order valence-electron chi connectivity index (χ2n) is 4.61. The summed E-state index contributed by atoms with van der Waals surface area (Å²) in [6, 6.07) is 6.51. The summed E-state index contributed by atoms with van der Waals surface area (Å²) in [6.07, 6.45) is 1.20. The van der Waals surface area contributed by atoms with Gasteiger partial charge in [-0.1, -0.05) is 29.3 Å². The molecule has 1 saturated heterocycles. The maximum Gasteiger partial charge on any atom is 0.0595 e. The highest BCUT2D eigenvalue weighted by Gasteiger charge is 2.16. The molecule has 1 heterocycles. The maximum absolute atomic E-state index is 6.04. The fourth-order valence-corrected chi connectivity index (χ4v) is 2.49. The molecule has 0 saturated carbocycles. The van der Waals surface area contributed by atoms with Crippen LogP contribution in [0.15, 0.2) is 18.2 Å². The second kappa shape index (κ2) is 6.05. The van der Waals surface area contributed by atoms with E-state index in [2.05, 4.69) is 23.2 Å². The number of halogens is 2. The van der Waals surface area contributed by atoms with Gasteiger partial charge >= 0.3 is 0 Å². The lowest BCUT2D eigenvalue weighted by molar-refractivity contribution is 0.211. The minimum atomic E-state index is 0.611. The first-order chi connectivity index (χ1) is 8.16. The Kier molecular flexibility index (Phi) is 4.69. The smallest absolute Gasteiger partial charge is 0.0595 e. The molecule has 17 heavy (non-hydrogen) atoms. The number of benzene rings is 1. The fourth-order valence-electron chi connectivity index (χ4n) is 2.17. The van der Waals surface area contributed by atoms with Gasteiger partial charge in [-0.3, -0.25) is 4.90 Å². The number of nitrogens with zero attached hydrogens (tertiary/aromatic N) is 1. The van der Waals surface area contributed by atoms with E-state index in [1.54, 1.807) is 0 Å². The average Bonchev–Trinajstić information content (AvgIpc) is 2.50. The number of rotatable bonds is 2. The molecule has 0 spiro atoms. The summed E-state index contributed by atoms with van der Waals surface area (Å²) in [4.78, 5) is 2.49. The van der Waals surface area contributed by atoms with E-state index < -0.39 is 0 Å². The zero-order valence-electron chi connectivity index (χ0n) is 10.0. The van der Waals surface area contributed by atoms with Gasteiger partial charge in [-0.25, -0.2) is 0 Å². The van der Waals surface area contributed by atoms with E-state index >= 15 is 0 Å². The lowest BCUT2D eigenvalue weighted by atomic mass is 10.1. The molecule has 1 aliphatic rings. The van der Waals surface area contributed by atoms with Gasteiger partial charge < -0.3 is 5.32 Å². The molecule has 1 fully saturated rings. The molecule has 1 aliphatic heterocycles. The van der Waals surface area contributed by atoms with Crippen LogP contribution in [0.3, 0.4) is 0 Å². The SMILES string of the molecule is CC1CCNCCN1Cc1ccc(Cl)c(Cl)c1. The van der Waals surface area contributed by atoms with E-state index in [0.717, 1.165) is 26.2 Å². The molecule has 1 atom stereocenters. The molecular formula is C13H18Cl2N2. The third kappa shape index (κ3) is 3.59. The van der Waals surface area contributed by atoms with E-state index in [0.29, 0.717) is 16.1 Å². The molecule has 1 aromatic carbocycles. The normalized spacial score (nSPS) is 22.4. The van der Waals surface area contributed by atoms with Crippen LogP contribution in [0.5, 0.6) is 0 Å². The van der Waals surface area contributed by atoms with Crippen LogP contribution in [0.1, 0.15) is 18.9 Å². The molecule has 0 aliphatic carbocycles. The summed E-state index contributed by atoms with van der Waals surface area (Å²) in [7, 11) is 0. The van der Waals surface area contributed by atoms with E-state index in [1.165, 1.54) is 12.0 Å². The fraction of sp³-hybridized carbons (Fsp3) is 0.538. The van der Waals surface area contributed by atoms with Crippen molar-refractivity contribution in [2.45, 2.75) is 25.9 Å². The average molecular weight is 273 g/mol. The van der Waals surface area contributed by atoms with Crippen molar-refractivity contribution >= 4 is 23.2 Å². The Labute approximate surface area is 113 Å². The number of hydrogen-bond donors (Lipinski definition) is 1. The van der Waals surface area contributed by atoms with Crippen LogP contribution >= 0.6 is 23.2 Å². The molecule has 0 bridgehead atoms. The summed E-state index contributed by atoms with van der Waals surface area (Å²) in [6.45, 7) is 6.48. The molecule has 1 aromatic rings. The highest BCUT2D eigenvalue weighted by Crippen LogP contribution is 2.23. The first kappa shape index (κ1) is 13.2. The van der Waals surface area contributed by atoms with E-state index in [-0.39, 0.29) is 0 Å². The van der Waals surface area contributed by atoms with Crippen molar-refractivity contribution in [3.63, 3.8) is 0 Å². The molecule has 94 valence electrons. The molecule has 2 nitrogen and oxygen atoms in total. The van der Waals surface area contributed by atoms with Crippen molar-refractivity contribution in [1.82, 2.24) is 10.2 Å². The van der Waals surface area contributed by atoms with E-state index in [4.69, 9.17) is 23.2 Å². The van der Waals surface area contributed by atoms with Crippen LogP contribution in [0.2, 0.25) is 10.0 Å². The zero-order chi connectivity index (χ0) is 12.3. The van der Waals surface area contributed by atoms with Crippen LogP contribution in [-0.2, 0) is 6.54 Å². The Bertz CT molecular complexity index is 382. The monoisotopic (exact) mass is 272 g/mol. The third-order valence-corrected chi connectivity index (χ3v) is 4.05. The van der Waals surface area contributed by atoms with Gasteiger partial charge in [0.15, 0.2) is 0 Å². The van der Waals surface area contributed by atoms with E-state index in [1.807, 2.05) is 12.1 Å². The van der Waals surface area contributed by atoms with Gasteiger partial charge in [-0.15, -0.1) is 0 Å². The van der Waals surface area contributed by atoms with Gasteiger partial charge in [0.05, 0.1) is 10.0 Å². The van der Waals surface area contributed by atoms with Gasteiger partial charge in [0.2, 0.25) is 0 Å². The van der Waals surface area contributed by atoms with Gasteiger partial charge in [-0.2, -0.15) is 0 Å². The highest BCUT2D eigenvalue weighted by atomic mass is 35.5. The molecule has 0 aromatic heterocycles. The van der Waals surface area contributed by atoms with Gasteiger partial charge in [0.25, 0.3) is 0 Å². The van der Waals surface area contributed by atoms with Crippen molar-refractivity contribution in [2.24, 2.45) is 0 Å². The Balaban J connectivity index is 2.05. The van der Waals surface area contributed by atoms with Crippen molar-refractivity contribution < 1.29 is 0 Å². The maximum atomic E-state index is 6.04. The Morgan fingerprint density at radius 3 is 2.88 bits per heavy atom. The molecule has 4 heteroatoms. The highest BCUT2D eigenvalue weighted by molar-refractivity contribution is 6.42. The molecule has 0 radical (unpaired) electrons. The molecular weight excluding hydrogens is 255 g/mol. The summed E-state index contributed by atoms with van der Waals surface area (Å²) in [5.41, 5.74) is 1.23. The minimum Gasteiger partial charge on any atom is -0.315 e. The van der Waals surface area contributed by atoms with Gasteiger partial charge in [0, 0.05) is 25.7 Å². The van der Waals surface area contributed by atoms with Crippen molar-refractivity contribution in [1.29, 1.82) is 0 Å². The molecule has 1 unspecified atom stereocenters. The van der Waals surface area contributed by atoms with Crippen molar-refractivity contribution in [2.75, 3.05) is 19.6 Å². The Hall–Kier alpha value is -0.280. The lowest BCUT2D eigenvalue weighted by Crippen LogP contribution is -2.33. The first-order valence-corrected chi connectivity index (χ1v) is 6.81. The molecule has 1 N–H and O–H groups in total. The van der Waals surface area contributed by atoms with Crippen molar-refractivity contribution in [3.05, 3.63) is 33.8 Å². The molecule has 2 rings (SSSR count). The summed E-state index contributed by atoms with van der Waals surface area (Å²) in [5, 5.41) is 4.69. The first-order valence-electron chi connectivity index (χ1n) is 6.05. The van der Waals surface area contributed by atoms with Crippen LogP contribution < -0.4 is 5.32 Å². The zero-order valence-corrected chi connectivity index (χ0v) is 11.6. The summed E-state index contributed by atoms with van der Waals surface area (Å²) < 4.78 is 0. The predicted molar refractivity (Wildman–Crippen MR) is 73.8 cm³/mol. The largest absolute Gasteiger partial charge is 0.315 e. The summed E-state index contributed by atoms with van der Waals surface area (Å²) >= 11 is 12.0. The topological polar surface area (TPSA) is 15.3 Å². The van der Waals surface area contributed by atoms with Gasteiger partial charge in [-0.05, 0) is 37.6 Å². The van der Waals surface area contributed by atoms with Crippen LogP contribution in [0, 0.1) is 0 Å². The van der Waals surface area contributed by atoms with Crippen LogP contribution in [0.25, 0.3) is 0 Å². The quantitative estimate of drug-likeness (QED) is 0.890. The Morgan fingerprint density at radius 1 is 1.29 bits per heavy atom. The van der Waals surface area contributed by atoms with Crippen molar-refractivity contribution in [3.8, 4) is 0 Å². The lowest BCUT2D eigenvalue weighted by Gasteiger charge is -2.26. The summed E-state index contributed by atoms with van der Waals surface area (Å²) in [5.74, 6) is 0. The number of nitrogens with one attached hydrogen (secondary N) is 1. The Morgan fingerprint density at radius 2 is 2.12 bits per heavy atom. The minimum absolute atomic E-state index is 0.611. The second-order valence-corrected chi connectivity index (χ2v) is 5.42. The number of hydrogen-bond acceptors (Lipinski definition) is 2. The van der Waals surface area contributed by atoms with Crippen LogP contribution in [0.4, 0.5) is 0 Å². The third-order valence-electron chi connectivity index (χ3n) is 3.31. The standard InChI is InChI=1S/C13H18Cl2N2/c1-10-4-5-16-6-7-17(10)9-11-2-3-12(14)13(15)8-11/h2-3,8,10,16H,4-7,9H2,1H3.